The average molecular weight is 383 g/mol. The summed E-state index contributed by atoms with van der Waals surface area (Å²) < 4.78 is 36.9. The maximum atomic E-state index is 12.7. The first kappa shape index (κ1) is 20.4. The maximum Gasteiger partial charge on any atom is 0.338 e. The number of benzene rings is 1. The maximum absolute atomic E-state index is 12.7. The lowest BCUT2D eigenvalue weighted by atomic mass is 9.98. The third-order valence-corrected chi connectivity index (χ3v) is 6.15. The minimum atomic E-state index is -3.65. The Hall–Kier alpha value is -1.93. The molecule has 1 aromatic rings. The quantitative estimate of drug-likeness (QED) is 0.671. The van der Waals surface area contributed by atoms with Gasteiger partial charge in [0, 0.05) is 13.1 Å². The van der Waals surface area contributed by atoms with E-state index in [1.54, 1.807) is 6.92 Å². The number of carbonyl (C=O) groups is 2. The molecule has 1 saturated heterocycles. The molecule has 0 amide bonds. The molecule has 0 radical (unpaired) electrons. The smallest absolute Gasteiger partial charge is 0.338 e. The Bertz CT molecular complexity index is 721. The number of esters is 2. The Balaban J connectivity index is 2.00. The number of nitrogens with zero attached hydrogens (tertiary/aromatic N) is 1. The number of hydrogen-bond acceptors (Lipinski definition) is 6. The lowest BCUT2D eigenvalue weighted by Crippen LogP contribution is -2.40. The molecule has 1 fully saturated rings. The number of ether oxygens (including phenoxy) is 2. The zero-order valence-corrected chi connectivity index (χ0v) is 16.0. The first-order valence-corrected chi connectivity index (χ1v) is 10.3. The fraction of sp³-hybridized carbons (Fsp3) is 0.556. The van der Waals surface area contributed by atoms with Crippen molar-refractivity contribution in [3.63, 3.8) is 0 Å². The Morgan fingerprint density at radius 3 is 2.23 bits per heavy atom. The number of rotatable bonds is 7. The van der Waals surface area contributed by atoms with Gasteiger partial charge in [0.1, 0.15) is 0 Å². The molecule has 144 valence electrons. The van der Waals surface area contributed by atoms with Gasteiger partial charge in [-0.1, -0.05) is 6.92 Å². The summed E-state index contributed by atoms with van der Waals surface area (Å²) in [5.41, 5.74) is 0.308. The first-order valence-electron chi connectivity index (χ1n) is 8.84. The third-order valence-electron chi connectivity index (χ3n) is 4.24. The predicted octanol–water partition coefficient (Wildman–Crippen LogP) is 2.22. The lowest BCUT2D eigenvalue weighted by molar-refractivity contribution is -0.149. The number of piperidine rings is 1. The monoisotopic (exact) mass is 383 g/mol. The number of hydrogen-bond donors (Lipinski definition) is 0. The Morgan fingerprint density at radius 1 is 1.08 bits per heavy atom. The summed E-state index contributed by atoms with van der Waals surface area (Å²) in [6.45, 7) is 4.83. The molecule has 0 atom stereocenters. The zero-order valence-electron chi connectivity index (χ0n) is 15.1. The van der Waals surface area contributed by atoms with Gasteiger partial charge in [-0.15, -0.1) is 0 Å². The van der Waals surface area contributed by atoms with Crippen LogP contribution in [0.2, 0.25) is 0 Å². The molecule has 7 nitrogen and oxygen atoms in total. The Labute approximate surface area is 154 Å². The molecule has 1 aliphatic rings. The molecule has 0 N–H and O–H groups in total. The third kappa shape index (κ3) is 4.82. The minimum Gasteiger partial charge on any atom is -0.465 e. The highest BCUT2D eigenvalue weighted by Crippen LogP contribution is 2.25. The van der Waals surface area contributed by atoms with E-state index in [1.807, 2.05) is 6.92 Å². The van der Waals surface area contributed by atoms with Crippen molar-refractivity contribution in [1.82, 2.24) is 4.31 Å². The highest BCUT2D eigenvalue weighted by molar-refractivity contribution is 7.89. The molecule has 0 saturated carbocycles. The van der Waals surface area contributed by atoms with Gasteiger partial charge in [-0.3, -0.25) is 4.79 Å². The van der Waals surface area contributed by atoms with Crippen LogP contribution >= 0.6 is 0 Å². The van der Waals surface area contributed by atoms with Crippen molar-refractivity contribution in [2.24, 2.45) is 5.92 Å². The van der Waals surface area contributed by atoms with E-state index in [0.29, 0.717) is 25.0 Å². The fourth-order valence-corrected chi connectivity index (χ4v) is 4.25. The van der Waals surface area contributed by atoms with Crippen LogP contribution in [0.3, 0.4) is 0 Å². The van der Waals surface area contributed by atoms with E-state index in [1.165, 1.54) is 28.6 Å². The van der Waals surface area contributed by atoms with E-state index in [-0.39, 0.29) is 36.5 Å². The molecule has 2 rings (SSSR count). The van der Waals surface area contributed by atoms with Crippen molar-refractivity contribution < 1.29 is 27.5 Å². The van der Waals surface area contributed by atoms with Crippen molar-refractivity contribution in [2.45, 2.75) is 38.0 Å². The van der Waals surface area contributed by atoms with Crippen molar-refractivity contribution in [3.05, 3.63) is 29.8 Å². The van der Waals surface area contributed by atoms with Gasteiger partial charge in [0.05, 0.1) is 29.6 Å². The normalized spacial score (nSPS) is 16.2. The first-order chi connectivity index (χ1) is 12.4. The summed E-state index contributed by atoms with van der Waals surface area (Å²) in [6, 6.07) is 5.70. The molecule has 0 unspecified atom stereocenters. The van der Waals surface area contributed by atoms with E-state index >= 15 is 0 Å². The molecular weight excluding hydrogens is 358 g/mol. The zero-order chi connectivity index (χ0) is 19.2. The predicted molar refractivity (Wildman–Crippen MR) is 95.1 cm³/mol. The van der Waals surface area contributed by atoms with E-state index in [4.69, 9.17) is 9.47 Å². The molecule has 1 aromatic carbocycles. The van der Waals surface area contributed by atoms with Gasteiger partial charge in [0.15, 0.2) is 0 Å². The molecular formula is C18H25NO6S. The summed E-state index contributed by atoms with van der Waals surface area (Å²) >= 11 is 0. The van der Waals surface area contributed by atoms with Gasteiger partial charge in [0.2, 0.25) is 10.0 Å². The molecule has 1 heterocycles. The summed E-state index contributed by atoms with van der Waals surface area (Å²) in [5.74, 6) is -0.982. The van der Waals surface area contributed by atoms with Gasteiger partial charge < -0.3 is 9.47 Å². The van der Waals surface area contributed by atoms with Gasteiger partial charge in [-0.25, -0.2) is 13.2 Å². The van der Waals surface area contributed by atoms with Crippen LogP contribution in [-0.2, 0) is 24.3 Å². The highest BCUT2D eigenvalue weighted by Gasteiger charge is 2.32. The highest BCUT2D eigenvalue weighted by atomic mass is 32.2. The second-order valence-electron chi connectivity index (χ2n) is 6.09. The van der Waals surface area contributed by atoms with Crippen molar-refractivity contribution in [1.29, 1.82) is 0 Å². The van der Waals surface area contributed by atoms with Crippen LogP contribution in [0.4, 0.5) is 0 Å². The lowest BCUT2D eigenvalue weighted by Gasteiger charge is -2.30. The van der Waals surface area contributed by atoms with Crippen molar-refractivity contribution >= 4 is 22.0 Å². The summed E-state index contributed by atoms with van der Waals surface area (Å²) in [4.78, 5) is 23.7. The molecule has 0 aromatic heterocycles. The van der Waals surface area contributed by atoms with Crippen LogP contribution in [0.15, 0.2) is 29.2 Å². The van der Waals surface area contributed by atoms with Crippen molar-refractivity contribution in [2.75, 3.05) is 26.3 Å². The summed E-state index contributed by atoms with van der Waals surface area (Å²) in [7, 11) is -3.65. The summed E-state index contributed by atoms with van der Waals surface area (Å²) in [6.07, 6.45) is 1.66. The molecule has 0 spiro atoms. The second-order valence-corrected chi connectivity index (χ2v) is 8.03. The molecule has 26 heavy (non-hydrogen) atoms. The van der Waals surface area contributed by atoms with Gasteiger partial charge in [0.25, 0.3) is 0 Å². The Morgan fingerprint density at radius 2 is 1.69 bits per heavy atom. The average Bonchev–Trinajstić information content (AvgIpc) is 2.66. The summed E-state index contributed by atoms with van der Waals surface area (Å²) in [5, 5.41) is 0. The standard InChI is InChI=1S/C18H25NO6S/c1-3-13-25-18(21)15-9-11-19(12-10-15)26(22,23)16-7-5-14(6-8-16)17(20)24-4-2/h5-8,15H,3-4,9-13H2,1-2H3. The van der Waals surface area contributed by atoms with Crippen LogP contribution in [0, 0.1) is 5.92 Å². The van der Waals surface area contributed by atoms with Gasteiger partial charge in [-0.2, -0.15) is 4.31 Å². The number of sulfonamides is 1. The van der Waals surface area contributed by atoms with E-state index in [2.05, 4.69) is 0 Å². The largest absolute Gasteiger partial charge is 0.465 e. The molecule has 8 heteroatoms. The SMILES string of the molecule is CCCOC(=O)C1CCN(S(=O)(=O)c2ccc(C(=O)OCC)cc2)CC1. The molecule has 0 aliphatic carbocycles. The minimum absolute atomic E-state index is 0.123. The second kappa shape index (κ2) is 9.14. The van der Waals surface area contributed by atoms with Crippen LogP contribution < -0.4 is 0 Å². The van der Waals surface area contributed by atoms with Crippen LogP contribution in [-0.4, -0.2) is 51.0 Å². The molecule has 0 bridgehead atoms. The number of carbonyl (C=O) groups excluding carboxylic acids is 2. The molecule has 1 aliphatic heterocycles. The van der Waals surface area contributed by atoms with E-state index < -0.39 is 16.0 Å². The fourth-order valence-electron chi connectivity index (χ4n) is 2.78. The van der Waals surface area contributed by atoms with E-state index in [9.17, 15) is 18.0 Å². The van der Waals surface area contributed by atoms with Crippen LogP contribution in [0.25, 0.3) is 0 Å². The Kier molecular flexibility index (Phi) is 7.16. The van der Waals surface area contributed by atoms with Crippen LogP contribution in [0.1, 0.15) is 43.5 Å². The topological polar surface area (TPSA) is 90.0 Å². The van der Waals surface area contributed by atoms with Gasteiger partial charge >= 0.3 is 11.9 Å². The van der Waals surface area contributed by atoms with Gasteiger partial charge in [-0.05, 0) is 50.5 Å². The van der Waals surface area contributed by atoms with E-state index in [0.717, 1.165) is 6.42 Å². The van der Waals surface area contributed by atoms with Crippen LogP contribution in [0.5, 0.6) is 0 Å². The van der Waals surface area contributed by atoms with Crippen molar-refractivity contribution in [3.8, 4) is 0 Å².